The van der Waals surface area contributed by atoms with Gasteiger partial charge in [-0.3, -0.25) is 0 Å². The van der Waals surface area contributed by atoms with Crippen molar-refractivity contribution in [1.29, 1.82) is 0 Å². The van der Waals surface area contributed by atoms with Crippen molar-refractivity contribution < 1.29 is 19.4 Å². The second kappa shape index (κ2) is 13.2. The smallest absolute Gasteiger partial charge is 0.340 e. The highest BCUT2D eigenvalue weighted by Crippen LogP contribution is 2.20. The number of benzene rings is 2. The van der Waals surface area contributed by atoms with Gasteiger partial charge in [-0.2, -0.15) is 0 Å². The Labute approximate surface area is 179 Å². The molecule has 0 aliphatic heterocycles. The zero-order chi connectivity index (χ0) is 22.5. The van der Waals surface area contributed by atoms with Crippen molar-refractivity contribution in [3.63, 3.8) is 0 Å². The maximum atomic E-state index is 11.7. The summed E-state index contributed by atoms with van der Waals surface area (Å²) in [7, 11) is 0. The third-order valence-electron chi connectivity index (χ3n) is 4.84. The molecule has 0 saturated heterocycles. The summed E-state index contributed by atoms with van der Waals surface area (Å²) in [6.45, 7) is 6.13. The number of nitrogen functional groups attached to an aromatic ring is 2. The molecule has 0 amide bonds. The highest BCUT2D eigenvalue weighted by molar-refractivity contribution is 5.95. The van der Waals surface area contributed by atoms with Crippen LogP contribution >= 0.6 is 0 Å². The normalized spacial score (nSPS) is 10.3. The fourth-order valence-corrected chi connectivity index (χ4v) is 2.94. The molecule has 30 heavy (non-hydrogen) atoms. The lowest BCUT2D eigenvalue weighted by Crippen LogP contribution is -2.17. The minimum Gasteiger partial charge on any atom is -0.478 e. The minimum atomic E-state index is -0.954. The van der Waals surface area contributed by atoms with E-state index < -0.39 is 5.97 Å². The molecular weight excluding hydrogens is 380 g/mol. The number of hydrogen-bond acceptors (Lipinski definition) is 5. The first-order valence-corrected chi connectivity index (χ1v) is 10.5. The number of carbonyl (C=O) groups is 2. The van der Waals surface area contributed by atoms with Gasteiger partial charge in [0.1, 0.15) is 6.10 Å². The fraction of sp³-hybridized carbons (Fsp3) is 0.417. The number of esters is 1. The van der Waals surface area contributed by atoms with Gasteiger partial charge in [0.2, 0.25) is 0 Å². The topological polar surface area (TPSA) is 116 Å². The maximum Gasteiger partial charge on any atom is 0.340 e. The maximum absolute atomic E-state index is 11.7. The van der Waals surface area contributed by atoms with E-state index in [2.05, 4.69) is 6.92 Å². The molecule has 6 heteroatoms. The number of anilines is 2. The number of carboxylic acid groups (broad SMARTS) is 1. The molecule has 2 aromatic carbocycles. The summed E-state index contributed by atoms with van der Waals surface area (Å²) in [6, 6.07) is 12.1. The molecular formula is C24H34N2O4. The lowest BCUT2D eigenvalue weighted by atomic mass is 10.0. The Morgan fingerprint density at radius 1 is 0.933 bits per heavy atom. The number of aryl methyl sites for hydroxylation is 1. The van der Waals surface area contributed by atoms with Crippen molar-refractivity contribution in [2.24, 2.45) is 0 Å². The number of ether oxygens (including phenoxy) is 1. The lowest BCUT2D eigenvalue weighted by Gasteiger charge is -2.14. The van der Waals surface area contributed by atoms with Crippen LogP contribution in [0.2, 0.25) is 0 Å². The fourth-order valence-electron chi connectivity index (χ4n) is 2.94. The van der Waals surface area contributed by atoms with Crippen LogP contribution in [0.1, 0.15) is 79.2 Å². The van der Waals surface area contributed by atoms with Gasteiger partial charge in [0.05, 0.1) is 11.1 Å². The average molecular weight is 415 g/mol. The van der Waals surface area contributed by atoms with Gasteiger partial charge < -0.3 is 21.3 Å². The number of para-hydroxylation sites is 2. The monoisotopic (exact) mass is 414 g/mol. The highest BCUT2D eigenvalue weighted by atomic mass is 16.5. The van der Waals surface area contributed by atoms with E-state index in [9.17, 15) is 9.59 Å². The molecule has 0 aromatic heterocycles. The summed E-state index contributed by atoms with van der Waals surface area (Å²) < 4.78 is 5.30. The summed E-state index contributed by atoms with van der Waals surface area (Å²) in [5.41, 5.74) is 14.0. The van der Waals surface area contributed by atoms with Gasteiger partial charge in [-0.05, 0) is 49.4 Å². The molecule has 0 atom stereocenters. The van der Waals surface area contributed by atoms with Gasteiger partial charge >= 0.3 is 11.9 Å². The van der Waals surface area contributed by atoms with Crippen molar-refractivity contribution in [1.82, 2.24) is 0 Å². The first-order valence-electron chi connectivity index (χ1n) is 10.5. The van der Waals surface area contributed by atoms with Gasteiger partial charge in [0.15, 0.2) is 0 Å². The Bertz CT molecular complexity index is 817. The molecule has 0 fully saturated rings. The average Bonchev–Trinajstić information content (AvgIpc) is 2.73. The predicted octanol–water partition coefficient (Wildman–Crippen LogP) is 5.31. The van der Waals surface area contributed by atoms with Crippen LogP contribution in [-0.2, 0) is 11.2 Å². The minimum absolute atomic E-state index is 0.0166. The molecule has 0 bridgehead atoms. The summed E-state index contributed by atoms with van der Waals surface area (Å²) >= 11 is 0. The Morgan fingerprint density at radius 3 is 2.13 bits per heavy atom. The van der Waals surface area contributed by atoms with Crippen LogP contribution in [0.3, 0.4) is 0 Å². The zero-order valence-corrected chi connectivity index (χ0v) is 18.2. The van der Waals surface area contributed by atoms with Crippen molar-refractivity contribution in [3.05, 3.63) is 59.2 Å². The second-order valence-electron chi connectivity index (χ2n) is 7.07. The Morgan fingerprint density at radius 2 is 1.57 bits per heavy atom. The molecule has 2 aromatic rings. The Kier molecular flexibility index (Phi) is 11.0. The standard InChI is InChI=1S/2C12H17NO2/c1-3-9(4-2)15-12(14)10-7-5-6-8-11(10)13;1-2-3-4-6-9-7-5-8-10(11(9)13)12(14)15/h5-9H,3-4,13H2,1-2H3;5,7-8H,2-4,6,13H2,1H3,(H,14,15). The van der Waals surface area contributed by atoms with Crippen molar-refractivity contribution in [2.75, 3.05) is 11.5 Å². The molecule has 6 nitrogen and oxygen atoms in total. The first kappa shape index (κ1) is 25.0. The molecule has 0 heterocycles. The van der Waals surface area contributed by atoms with E-state index in [1.807, 2.05) is 19.9 Å². The molecule has 2 rings (SSSR count). The lowest BCUT2D eigenvalue weighted by molar-refractivity contribution is 0.0285. The predicted molar refractivity (Wildman–Crippen MR) is 122 cm³/mol. The van der Waals surface area contributed by atoms with E-state index in [0.29, 0.717) is 16.9 Å². The number of aromatic carboxylic acids is 1. The number of rotatable bonds is 9. The van der Waals surface area contributed by atoms with Crippen LogP contribution in [0.4, 0.5) is 11.4 Å². The Hall–Kier alpha value is -3.02. The molecule has 0 radical (unpaired) electrons. The quantitative estimate of drug-likeness (QED) is 0.291. The van der Waals surface area contributed by atoms with Crippen LogP contribution in [0.25, 0.3) is 0 Å². The molecule has 5 N–H and O–H groups in total. The highest BCUT2D eigenvalue weighted by Gasteiger charge is 2.14. The van der Waals surface area contributed by atoms with Crippen molar-refractivity contribution in [3.8, 4) is 0 Å². The second-order valence-corrected chi connectivity index (χ2v) is 7.07. The zero-order valence-electron chi connectivity index (χ0n) is 18.2. The number of carbonyl (C=O) groups excluding carboxylic acids is 1. The van der Waals surface area contributed by atoms with Crippen LogP contribution in [-0.4, -0.2) is 23.1 Å². The molecule has 0 aliphatic rings. The SMILES string of the molecule is CCC(CC)OC(=O)c1ccccc1N.CCCCCc1cccc(C(=O)O)c1N. The molecule has 0 unspecified atom stereocenters. The van der Waals surface area contributed by atoms with Crippen molar-refractivity contribution >= 4 is 23.3 Å². The van der Waals surface area contributed by atoms with E-state index in [4.69, 9.17) is 21.3 Å². The molecule has 164 valence electrons. The van der Waals surface area contributed by atoms with E-state index in [1.165, 1.54) is 0 Å². The summed E-state index contributed by atoms with van der Waals surface area (Å²) in [5.74, 6) is -1.29. The van der Waals surface area contributed by atoms with Gasteiger partial charge in [-0.15, -0.1) is 0 Å². The number of nitrogens with two attached hydrogens (primary N) is 2. The van der Waals surface area contributed by atoms with E-state index in [-0.39, 0.29) is 17.6 Å². The van der Waals surface area contributed by atoms with Crippen LogP contribution < -0.4 is 11.5 Å². The van der Waals surface area contributed by atoms with Crippen molar-refractivity contribution in [2.45, 2.75) is 65.4 Å². The van der Waals surface area contributed by atoms with Gasteiger partial charge in [0, 0.05) is 11.4 Å². The molecule has 0 spiro atoms. The first-order chi connectivity index (χ1) is 14.3. The molecule has 0 saturated carbocycles. The van der Waals surface area contributed by atoms with E-state index in [0.717, 1.165) is 44.1 Å². The van der Waals surface area contributed by atoms with Gasteiger partial charge in [-0.1, -0.05) is 57.9 Å². The van der Waals surface area contributed by atoms with E-state index in [1.54, 1.807) is 36.4 Å². The third kappa shape index (κ3) is 7.78. The summed E-state index contributed by atoms with van der Waals surface area (Å²) in [5, 5.41) is 8.88. The van der Waals surface area contributed by atoms with Crippen LogP contribution in [0.5, 0.6) is 0 Å². The van der Waals surface area contributed by atoms with Gasteiger partial charge in [0.25, 0.3) is 0 Å². The molecule has 0 aliphatic carbocycles. The van der Waals surface area contributed by atoms with Crippen LogP contribution in [0.15, 0.2) is 42.5 Å². The third-order valence-corrected chi connectivity index (χ3v) is 4.84. The number of carboxylic acids is 1. The Balaban J connectivity index is 0.000000300. The largest absolute Gasteiger partial charge is 0.478 e. The van der Waals surface area contributed by atoms with Gasteiger partial charge in [-0.25, -0.2) is 9.59 Å². The summed E-state index contributed by atoms with van der Waals surface area (Å²) in [4.78, 5) is 22.5. The number of hydrogen-bond donors (Lipinski definition) is 3. The van der Waals surface area contributed by atoms with Crippen LogP contribution in [0, 0.1) is 0 Å². The van der Waals surface area contributed by atoms with E-state index >= 15 is 0 Å². The summed E-state index contributed by atoms with van der Waals surface area (Å²) in [6.07, 6.45) is 5.86. The number of unbranched alkanes of at least 4 members (excludes halogenated alkanes) is 2.